The van der Waals surface area contributed by atoms with Gasteiger partial charge in [0.05, 0.1) is 23.1 Å². The fourth-order valence-corrected chi connectivity index (χ4v) is 2.51. The van der Waals surface area contributed by atoms with Crippen molar-refractivity contribution in [3.05, 3.63) is 51.8 Å². The van der Waals surface area contributed by atoms with Gasteiger partial charge in [-0.05, 0) is 26.0 Å². The lowest BCUT2D eigenvalue weighted by molar-refractivity contribution is -0.138. The SMILES string of the molecule is CCOC(=O)C1=C(C)OC(c2nc3ccccc3c(=O)[nH]2)C1. The molecule has 1 aromatic carbocycles. The number of nitrogens with one attached hydrogen (secondary N) is 1. The fourth-order valence-electron chi connectivity index (χ4n) is 2.51. The van der Waals surface area contributed by atoms with Crippen LogP contribution in [0.5, 0.6) is 0 Å². The second-order valence-corrected chi connectivity index (χ2v) is 5.03. The lowest BCUT2D eigenvalue weighted by atomic mass is 10.1. The molecule has 0 fully saturated rings. The van der Waals surface area contributed by atoms with Crippen molar-refractivity contribution < 1.29 is 14.3 Å². The maximum Gasteiger partial charge on any atom is 0.337 e. The average molecular weight is 300 g/mol. The first-order valence-corrected chi connectivity index (χ1v) is 7.12. The van der Waals surface area contributed by atoms with Crippen molar-refractivity contribution in [3.8, 4) is 0 Å². The molecule has 6 nitrogen and oxygen atoms in total. The zero-order valence-corrected chi connectivity index (χ0v) is 12.4. The lowest BCUT2D eigenvalue weighted by Gasteiger charge is -2.11. The maximum atomic E-state index is 12.1. The van der Waals surface area contributed by atoms with Crippen molar-refractivity contribution in [2.24, 2.45) is 0 Å². The van der Waals surface area contributed by atoms with Crippen LogP contribution >= 0.6 is 0 Å². The van der Waals surface area contributed by atoms with Crippen LogP contribution in [0.2, 0.25) is 0 Å². The normalized spacial score (nSPS) is 17.6. The molecule has 1 aliphatic heterocycles. The third-order valence-electron chi connectivity index (χ3n) is 3.59. The predicted molar refractivity (Wildman–Crippen MR) is 80.1 cm³/mol. The first-order chi connectivity index (χ1) is 10.6. The number of hydrogen-bond donors (Lipinski definition) is 1. The van der Waals surface area contributed by atoms with Crippen LogP contribution in [-0.4, -0.2) is 22.5 Å². The Morgan fingerprint density at radius 3 is 3.00 bits per heavy atom. The highest BCUT2D eigenvalue weighted by Gasteiger charge is 2.31. The highest BCUT2D eigenvalue weighted by atomic mass is 16.5. The summed E-state index contributed by atoms with van der Waals surface area (Å²) in [5.74, 6) is 0.548. The van der Waals surface area contributed by atoms with E-state index >= 15 is 0 Å². The van der Waals surface area contributed by atoms with E-state index < -0.39 is 6.10 Å². The highest BCUT2D eigenvalue weighted by molar-refractivity contribution is 5.89. The summed E-state index contributed by atoms with van der Waals surface area (Å²) >= 11 is 0. The number of aromatic nitrogens is 2. The minimum atomic E-state index is -0.475. The van der Waals surface area contributed by atoms with E-state index in [1.54, 1.807) is 32.0 Å². The molecule has 114 valence electrons. The van der Waals surface area contributed by atoms with Gasteiger partial charge in [0, 0.05) is 6.42 Å². The molecule has 0 bridgehead atoms. The first-order valence-electron chi connectivity index (χ1n) is 7.12. The van der Waals surface area contributed by atoms with Crippen molar-refractivity contribution in [2.75, 3.05) is 6.61 Å². The predicted octanol–water partition coefficient (Wildman–Crippen LogP) is 2.22. The van der Waals surface area contributed by atoms with Gasteiger partial charge < -0.3 is 14.5 Å². The number of benzene rings is 1. The van der Waals surface area contributed by atoms with E-state index in [0.29, 0.717) is 41.1 Å². The molecule has 1 N–H and O–H groups in total. The van der Waals surface area contributed by atoms with Crippen LogP contribution in [-0.2, 0) is 14.3 Å². The zero-order chi connectivity index (χ0) is 15.7. The summed E-state index contributed by atoms with van der Waals surface area (Å²) in [6, 6.07) is 7.10. The van der Waals surface area contributed by atoms with Gasteiger partial charge >= 0.3 is 5.97 Å². The number of rotatable bonds is 3. The highest BCUT2D eigenvalue weighted by Crippen LogP contribution is 2.34. The Bertz CT molecular complexity index is 822. The fraction of sp³-hybridized carbons (Fsp3) is 0.312. The van der Waals surface area contributed by atoms with E-state index in [9.17, 15) is 9.59 Å². The van der Waals surface area contributed by atoms with Crippen LogP contribution in [0.1, 0.15) is 32.2 Å². The van der Waals surface area contributed by atoms with Crippen molar-refractivity contribution in [1.29, 1.82) is 0 Å². The molecule has 1 aromatic heterocycles. The summed E-state index contributed by atoms with van der Waals surface area (Å²) in [6.45, 7) is 3.78. The Morgan fingerprint density at radius 2 is 2.23 bits per heavy atom. The van der Waals surface area contributed by atoms with Crippen LogP contribution in [0.15, 0.2) is 40.4 Å². The standard InChI is InChI=1S/C16H16N2O4/c1-3-21-16(20)11-8-13(22-9(11)2)14-17-12-7-5-4-6-10(12)15(19)18-14/h4-7,13H,3,8H2,1-2H3,(H,17,18,19). The summed E-state index contributed by atoms with van der Waals surface area (Å²) in [5, 5.41) is 0.527. The number of H-pyrrole nitrogens is 1. The number of esters is 1. The Kier molecular flexibility index (Phi) is 3.66. The van der Waals surface area contributed by atoms with Crippen molar-refractivity contribution >= 4 is 16.9 Å². The van der Waals surface area contributed by atoms with Gasteiger partial charge in [-0.15, -0.1) is 0 Å². The van der Waals surface area contributed by atoms with E-state index in [2.05, 4.69) is 9.97 Å². The number of hydrogen-bond acceptors (Lipinski definition) is 5. The van der Waals surface area contributed by atoms with Gasteiger partial charge in [-0.1, -0.05) is 12.1 Å². The molecule has 0 saturated carbocycles. The summed E-state index contributed by atoms with van der Waals surface area (Å²) in [7, 11) is 0. The molecule has 1 unspecified atom stereocenters. The first kappa shape index (κ1) is 14.3. The van der Waals surface area contributed by atoms with Crippen molar-refractivity contribution in [1.82, 2.24) is 9.97 Å². The number of carbonyl (C=O) groups is 1. The average Bonchev–Trinajstić information content (AvgIpc) is 2.89. The van der Waals surface area contributed by atoms with Crippen LogP contribution in [0.3, 0.4) is 0 Å². The Balaban J connectivity index is 1.91. The minimum Gasteiger partial charge on any atom is -0.486 e. The number of para-hydroxylation sites is 1. The summed E-state index contributed by atoms with van der Waals surface area (Å²) in [6.07, 6.45) is -0.136. The Labute approximate surface area is 126 Å². The van der Waals surface area contributed by atoms with Gasteiger partial charge in [-0.2, -0.15) is 0 Å². The van der Waals surface area contributed by atoms with Gasteiger partial charge in [0.2, 0.25) is 0 Å². The second kappa shape index (κ2) is 5.63. The van der Waals surface area contributed by atoms with Gasteiger partial charge in [0.15, 0.2) is 11.9 Å². The monoisotopic (exact) mass is 300 g/mol. The number of fused-ring (bicyclic) bond motifs is 1. The topological polar surface area (TPSA) is 81.3 Å². The Morgan fingerprint density at radius 1 is 1.45 bits per heavy atom. The maximum absolute atomic E-state index is 12.1. The van der Waals surface area contributed by atoms with Crippen LogP contribution in [0.25, 0.3) is 10.9 Å². The number of allylic oxidation sites excluding steroid dienone is 1. The molecule has 1 aliphatic rings. The van der Waals surface area contributed by atoms with Gasteiger partial charge in [-0.25, -0.2) is 9.78 Å². The van der Waals surface area contributed by atoms with E-state index in [4.69, 9.17) is 9.47 Å². The Hall–Kier alpha value is -2.63. The van der Waals surface area contributed by atoms with E-state index in [-0.39, 0.29) is 11.5 Å². The van der Waals surface area contributed by atoms with Crippen LogP contribution < -0.4 is 5.56 Å². The summed E-state index contributed by atoms with van der Waals surface area (Å²) in [5.41, 5.74) is 0.876. The molecule has 1 atom stereocenters. The molecule has 2 aromatic rings. The molecular weight excluding hydrogens is 284 g/mol. The van der Waals surface area contributed by atoms with Crippen molar-refractivity contribution in [3.63, 3.8) is 0 Å². The smallest absolute Gasteiger partial charge is 0.337 e. The second-order valence-electron chi connectivity index (χ2n) is 5.03. The van der Waals surface area contributed by atoms with E-state index in [1.807, 2.05) is 6.07 Å². The molecule has 2 heterocycles. The molecule has 0 aliphatic carbocycles. The molecule has 3 rings (SSSR count). The van der Waals surface area contributed by atoms with Gasteiger partial charge in [0.1, 0.15) is 5.76 Å². The molecule has 0 radical (unpaired) electrons. The molecule has 0 saturated heterocycles. The van der Waals surface area contributed by atoms with Gasteiger partial charge in [-0.3, -0.25) is 4.79 Å². The third-order valence-corrected chi connectivity index (χ3v) is 3.59. The molecule has 22 heavy (non-hydrogen) atoms. The van der Waals surface area contributed by atoms with Crippen molar-refractivity contribution in [2.45, 2.75) is 26.4 Å². The largest absolute Gasteiger partial charge is 0.486 e. The van der Waals surface area contributed by atoms with E-state index in [0.717, 1.165) is 0 Å². The van der Waals surface area contributed by atoms with Crippen LogP contribution in [0, 0.1) is 0 Å². The van der Waals surface area contributed by atoms with Crippen LogP contribution in [0.4, 0.5) is 0 Å². The molecule has 6 heteroatoms. The lowest BCUT2D eigenvalue weighted by Crippen LogP contribution is -2.15. The number of aromatic amines is 1. The van der Waals surface area contributed by atoms with Gasteiger partial charge in [0.25, 0.3) is 5.56 Å². The number of ether oxygens (including phenoxy) is 2. The summed E-state index contributed by atoms with van der Waals surface area (Å²) < 4.78 is 10.7. The number of nitrogens with zero attached hydrogens (tertiary/aromatic N) is 1. The molecular formula is C16H16N2O4. The van der Waals surface area contributed by atoms with E-state index in [1.165, 1.54) is 0 Å². The number of carbonyl (C=O) groups excluding carboxylic acids is 1. The third kappa shape index (κ3) is 2.47. The molecule has 0 amide bonds. The quantitative estimate of drug-likeness (QED) is 0.879. The summed E-state index contributed by atoms with van der Waals surface area (Å²) in [4.78, 5) is 31.1. The zero-order valence-electron chi connectivity index (χ0n) is 12.4. The minimum absolute atomic E-state index is 0.216. The molecule has 0 spiro atoms.